The van der Waals surface area contributed by atoms with E-state index in [1.807, 2.05) is 0 Å². The Morgan fingerprint density at radius 3 is 2.82 bits per heavy atom. The van der Waals surface area contributed by atoms with E-state index in [-0.39, 0.29) is 4.90 Å². The molecule has 1 heterocycles. The lowest BCUT2D eigenvalue weighted by Gasteiger charge is -2.17. The van der Waals surface area contributed by atoms with Gasteiger partial charge in [0.2, 0.25) is 10.0 Å². The second-order valence-electron chi connectivity index (χ2n) is 4.91. The molecule has 1 aromatic carbocycles. The zero-order chi connectivity index (χ0) is 16.2. The predicted octanol–water partition coefficient (Wildman–Crippen LogP) is 1.46. The zero-order valence-corrected chi connectivity index (χ0v) is 13.5. The van der Waals surface area contributed by atoms with Gasteiger partial charge in [-0.3, -0.25) is 0 Å². The summed E-state index contributed by atoms with van der Waals surface area (Å²) in [5.41, 5.74) is 0.660. The Bertz CT molecular complexity index is 754. The van der Waals surface area contributed by atoms with Crippen LogP contribution in [0.5, 0.6) is 0 Å². The number of aromatic nitrogens is 4. The van der Waals surface area contributed by atoms with Crippen molar-refractivity contribution < 1.29 is 8.42 Å². The van der Waals surface area contributed by atoms with Gasteiger partial charge in [-0.1, -0.05) is 18.2 Å². The molecule has 0 aliphatic heterocycles. The number of sulfonamides is 1. The summed E-state index contributed by atoms with van der Waals surface area (Å²) in [6.07, 6.45) is 3.30. The molecule has 8 heteroatoms. The summed E-state index contributed by atoms with van der Waals surface area (Å²) in [7, 11) is -0.240. The van der Waals surface area contributed by atoms with E-state index in [0.29, 0.717) is 17.9 Å². The van der Waals surface area contributed by atoms with Gasteiger partial charge in [-0.2, -0.15) is 0 Å². The van der Waals surface area contributed by atoms with Gasteiger partial charge in [0.1, 0.15) is 0 Å². The summed E-state index contributed by atoms with van der Waals surface area (Å²) >= 11 is 0. The predicted molar refractivity (Wildman–Crippen MR) is 83.5 cm³/mol. The smallest absolute Gasteiger partial charge is 0.229 e. The van der Waals surface area contributed by atoms with E-state index in [1.54, 1.807) is 44.4 Å². The molecule has 2 rings (SSSR count). The van der Waals surface area contributed by atoms with E-state index in [4.69, 9.17) is 0 Å². The third-order valence-corrected chi connectivity index (χ3v) is 5.15. The molecule has 0 unspecified atom stereocenters. The van der Waals surface area contributed by atoms with E-state index >= 15 is 0 Å². The molecule has 22 heavy (non-hydrogen) atoms. The molecule has 2 aromatic rings. The van der Waals surface area contributed by atoms with Crippen LogP contribution in [0.4, 0.5) is 0 Å². The van der Waals surface area contributed by atoms with Crippen molar-refractivity contribution in [2.45, 2.75) is 17.7 Å². The molecule has 118 valence electrons. The summed E-state index contributed by atoms with van der Waals surface area (Å²) in [5.74, 6) is 0.520. The van der Waals surface area contributed by atoms with Crippen molar-refractivity contribution in [2.75, 3.05) is 13.6 Å². The van der Waals surface area contributed by atoms with Gasteiger partial charge in [0.05, 0.1) is 4.90 Å². The molecule has 7 nitrogen and oxygen atoms in total. The van der Waals surface area contributed by atoms with Crippen LogP contribution in [0.2, 0.25) is 0 Å². The maximum Gasteiger partial charge on any atom is 0.242 e. The average molecular weight is 321 g/mol. The number of hydrogen-bond acceptors (Lipinski definition) is 5. The van der Waals surface area contributed by atoms with Crippen LogP contribution in [0.15, 0.2) is 41.8 Å². The highest BCUT2D eigenvalue weighted by atomic mass is 32.2. The molecule has 0 saturated heterocycles. The first-order chi connectivity index (χ1) is 10.5. The number of hydrogen-bond donors (Lipinski definition) is 0. The van der Waals surface area contributed by atoms with E-state index in [0.717, 1.165) is 12.8 Å². The fourth-order valence-electron chi connectivity index (χ4n) is 2.03. The Hall–Kier alpha value is -2.06. The molecule has 0 radical (unpaired) electrons. The first-order valence-electron chi connectivity index (χ1n) is 6.87. The van der Waals surface area contributed by atoms with Crippen molar-refractivity contribution in [1.29, 1.82) is 0 Å². The molecule has 0 amide bonds. The quantitative estimate of drug-likeness (QED) is 0.570. The Kier molecular flexibility index (Phi) is 5.04. The molecule has 0 N–H and O–H groups in total. The van der Waals surface area contributed by atoms with Crippen molar-refractivity contribution >= 4 is 10.0 Å². The lowest BCUT2D eigenvalue weighted by Crippen LogP contribution is -2.27. The molecule has 0 fully saturated rings. The summed E-state index contributed by atoms with van der Waals surface area (Å²) in [6, 6.07) is 6.63. The van der Waals surface area contributed by atoms with Gasteiger partial charge < -0.3 is 0 Å². The topological polar surface area (TPSA) is 81.0 Å². The van der Waals surface area contributed by atoms with Crippen molar-refractivity contribution in [3.63, 3.8) is 0 Å². The fraction of sp³-hybridized carbons (Fsp3) is 0.357. The molecule has 0 bridgehead atoms. The number of benzene rings is 1. The van der Waals surface area contributed by atoms with Crippen LogP contribution in [0.25, 0.3) is 11.4 Å². The van der Waals surface area contributed by atoms with Gasteiger partial charge in [-0.15, -0.1) is 11.7 Å². The standard InChI is InChI=1S/C14H19N5O2S/c1-4-5-6-10-18(2)22(20,21)13-9-7-8-12(11-13)14-15-16-17-19(14)3/h4,7-9,11H,1,5-6,10H2,2-3H3. The Balaban J connectivity index is 2.28. The number of unbranched alkanes of at least 4 members (excludes halogenated alkanes) is 1. The van der Waals surface area contributed by atoms with Crippen molar-refractivity contribution in [1.82, 2.24) is 24.5 Å². The zero-order valence-electron chi connectivity index (χ0n) is 12.7. The van der Waals surface area contributed by atoms with Gasteiger partial charge in [-0.05, 0) is 35.4 Å². The first kappa shape index (κ1) is 16.3. The second-order valence-corrected chi connectivity index (χ2v) is 6.96. The van der Waals surface area contributed by atoms with E-state index in [1.165, 1.54) is 8.99 Å². The SMILES string of the molecule is C=CCCCN(C)S(=O)(=O)c1cccc(-c2nnnn2C)c1. The van der Waals surface area contributed by atoms with Crippen LogP contribution in [0.1, 0.15) is 12.8 Å². The molecular formula is C14H19N5O2S. The summed E-state index contributed by atoms with van der Waals surface area (Å²) < 4.78 is 28.0. The molecule has 0 spiro atoms. The lowest BCUT2D eigenvalue weighted by atomic mass is 10.2. The van der Waals surface area contributed by atoms with Crippen molar-refractivity contribution in [2.24, 2.45) is 7.05 Å². The maximum atomic E-state index is 12.6. The van der Waals surface area contributed by atoms with Crippen molar-refractivity contribution in [3.05, 3.63) is 36.9 Å². The molecule has 0 aliphatic rings. The third kappa shape index (κ3) is 3.40. The third-order valence-electron chi connectivity index (χ3n) is 3.30. The van der Waals surface area contributed by atoms with E-state index in [2.05, 4.69) is 22.1 Å². The number of rotatable bonds is 7. The largest absolute Gasteiger partial charge is 0.242 e. The Morgan fingerprint density at radius 1 is 1.41 bits per heavy atom. The minimum atomic E-state index is -3.52. The minimum Gasteiger partial charge on any atom is -0.229 e. The van der Waals surface area contributed by atoms with Crippen LogP contribution in [-0.2, 0) is 17.1 Å². The molecule has 0 saturated carbocycles. The number of aryl methyl sites for hydroxylation is 1. The number of allylic oxidation sites excluding steroid dienone is 1. The van der Waals surface area contributed by atoms with Crippen LogP contribution >= 0.6 is 0 Å². The Labute approximate surface area is 130 Å². The number of tetrazole rings is 1. The lowest BCUT2D eigenvalue weighted by molar-refractivity contribution is 0.463. The highest BCUT2D eigenvalue weighted by Gasteiger charge is 2.21. The monoisotopic (exact) mass is 321 g/mol. The summed E-state index contributed by atoms with van der Waals surface area (Å²) in [6.45, 7) is 4.09. The van der Waals surface area contributed by atoms with E-state index < -0.39 is 10.0 Å². The molecule has 0 aliphatic carbocycles. The van der Waals surface area contributed by atoms with Gasteiger partial charge in [0, 0.05) is 26.2 Å². The van der Waals surface area contributed by atoms with Gasteiger partial charge in [0.25, 0.3) is 0 Å². The van der Waals surface area contributed by atoms with Crippen LogP contribution in [-0.4, -0.2) is 46.5 Å². The first-order valence-corrected chi connectivity index (χ1v) is 8.31. The molecular weight excluding hydrogens is 302 g/mol. The molecule has 1 aromatic heterocycles. The van der Waals surface area contributed by atoms with Crippen LogP contribution in [0.3, 0.4) is 0 Å². The Morgan fingerprint density at radius 2 is 2.18 bits per heavy atom. The highest BCUT2D eigenvalue weighted by Crippen LogP contribution is 2.21. The highest BCUT2D eigenvalue weighted by molar-refractivity contribution is 7.89. The summed E-state index contributed by atoms with van der Waals surface area (Å²) in [4.78, 5) is 0.231. The van der Waals surface area contributed by atoms with Gasteiger partial charge in [-0.25, -0.2) is 17.4 Å². The number of nitrogens with zero attached hydrogens (tertiary/aromatic N) is 5. The van der Waals surface area contributed by atoms with Crippen LogP contribution < -0.4 is 0 Å². The fourth-order valence-corrected chi connectivity index (χ4v) is 3.28. The van der Waals surface area contributed by atoms with Crippen molar-refractivity contribution in [3.8, 4) is 11.4 Å². The normalized spacial score (nSPS) is 11.8. The maximum absolute atomic E-state index is 12.6. The minimum absolute atomic E-state index is 0.231. The molecule has 0 atom stereocenters. The van der Waals surface area contributed by atoms with E-state index in [9.17, 15) is 8.42 Å². The van der Waals surface area contributed by atoms with Gasteiger partial charge >= 0.3 is 0 Å². The average Bonchev–Trinajstić information content (AvgIpc) is 2.93. The summed E-state index contributed by atoms with van der Waals surface area (Å²) in [5, 5.41) is 11.2. The van der Waals surface area contributed by atoms with Crippen LogP contribution in [0, 0.1) is 0 Å². The van der Waals surface area contributed by atoms with Gasteiger partial charge in [0.15, 0.2) is 5.82 Å². The second kappa shape index (κ2) is 6.80.